The number of carbonyl (C=O) groups is 1. The van der Waals surface area contributed by atoms with Gasteiger partial charge in [0.1, 0.15) is 6.10 Å². The quantitative estimate of drug-likeness (QED) is 0.878. The Balaban J connectivity index is 1.94. The number of nitrogens with two attached hydrogens (primary N) is 1. The summed E-state index contributed by atoms with van der Waals surface area (Å²) in [6, 6.07) is 4.41. The second kappa shape index (κ2) is 5.70. The minimum absolute atomic E-state index is 0.0151. The normalized spacial score (nSPS) is 22.6. The number of anilines is 1. The molecule has 0 aromatic heterocycles. The third-order valence-corrected chi connectivity index (χ3v) is 3.14. The summed E-state index contributed by atoms with van der Waals surface area (Å²) in [7, 11) is 0. The molecule has 1 aliphatic rings. The maximum atomic E-state index is 12.5. The van der Waals surface area contributed by atoms with Crippen molar-refractivity contribution in [3.05, 3.63) is 29.8 Å². The minimum Gasteiger partial charge on any atom is -0.446 e. The number of carbonyl (C=O) groups excluding carboxylic acids is 1. The summed E-state index contributed by atoms with van der Waals surface area (Å²) < 4.78 is 42.7. The van der Waals surface area contributed by atoms with E-state index < -0.39 is 17.8 Å². The molecule has 0 saturated heterocycles. The van der Waals surface area contributed by atoms with Crippen LogP contribution in [-0.4, -0.2) is 18.2 Å². The van der Waals surface area contributed by atoms with Gasteiger partial charge in [0.15, 0.2) is 0 Å². The van der Waals surface area contributed by atoms with E-state index in [2.05, 4.69) is 5.32 Å². The van der Waals surface area contributed by atoms with Gasteiger partial charge in [-0.25, -0.2) is 4.79 Å². The molecule has 0 aliphatic heterocycles. The van der Waals surface area contributed by atoms with Crippen molar-refractivity contribution in [1.82, 2.24) is 0 Å². The molecular formula is C13H15F3N2O2. The molecule has 1 saturated carbocycles. The Morgan fingerprint density at radius 1 is 1.35 bits per heavy atom. The Kier molecular flexibility index (Phi) is 4.17. The van der Waals surface area contributed by atoms with Crippen molar-refractivity contribution in [1.29, 1.82) is 0 Å². The van der Waals surface area contributed by atoms with Gasteiger partial charge in [0.25, 0.3) is 0 Å². The van der Waals surface area contributed by atoms with E-state index in [0.29, 0.717) is 12.8 Å². The number of hydrogen-bond acceptors (Lipinski definition) is 3. The van der Waals surface area contributed by atoms with Gasteiger partial charge in [-0.05, 0) is 37.5 Å². The van der Waals surface area contributed by atoms with E-state index in [0.717, 1.165) is 18.6 Å². The number of hydrogen-bond donors (Lipinski definition) is 2. The van der Waals surface area contributed by atoms with Crippen molar-refractivity contribution < 1.29 is 22.7 Å². The maximum Gasteiger partial charge on any atom is 0.416 e. The van der Waals surface area contributed by atoms with E-state index in [1.807, 2.05) is 0 Å². The largest absolute Gasteiger partial charge is 0.446 e. The predicted octanol–water partition coefficient (Wildman–Crippen LogP) is 3.13. The smallest absolute Gasteiger partial charge is 0.416 e. The molecule has 2 rings (SSSR count). The molecule has 1 aromatic rings. The van der Waals surface area contributed by atoms with Crippen molar-refractivity contribution in [2.24, 2.45) is 5.73 Å². The van der Waals surface area contributed by atoms with Gasteiger partial charge in [-0.1, -0.05) is 6.07 Å². The summed E-state index contributed by atoms with van der Waals surface area (Å²) in [5, 5.41) is 2.29. The molecular weight excluding hydrogens is 273 g/mol. The van der Waals surface area contributed by atoms with Crippen LogP contribution >= 0.6 is 0 Å². The van der Waals surface area contributed by atoms with Crippen molar-refractivity contribution in [2.75, 3.05) is 5.32 Å². The van der Waals surface area contributed by atoms with Gasteiger partial charge < -0.3 is 10.5 Å². The zero-order chi connectivity index (χ0) is 14.8. The molecule has 2 atom stereocenters. The number of rotatable bonds is 2. The summed E-state index contributed by atoms with van der Waals surface area (Å²) in [5.41, 5.74) is 4.91. The fraction of sp³-hybridized carbons (Fsp3) is 0.462. The molecule has 1 aliphatic carbocycles. The summed E-state index contributed by atoms with van der Waals surface area (Å²) in [6.07, 6.45) is -3.44. The van der Waals surface area contributed by atoms with Crippen molar-refractivity contribution in [3.63, 3.8) is 0 Å². The van der Waals surface area contributed by atoms with Crippen LogP contribution < -0.4 is 11.1 Å². The van der Waals surface area contributed by atoms with Crippen LogP contribution in [0.25, 0.3) is 0 Å². The number of amides is 1. The van der Waals surface area contributed by atoms with Gasteiger partial charge in [-0.3, -0.25) is 5.32 Å². The zero-order valence-corrected chi connectivity index (χ0v) is 10.6. The van der Waals surface area contributed by atoms with E-state index in [1.54, 1.807) is 0 Å². The van der Waals surface area contributed by atoms with Crippen LogP contribution in [0.2, 0.25) is 0 Å². The van der Waals surface area contributed by atoms with E-state index in [1.165, 1.54) is 12.1 Å². The Hall–Kier alpha value is -1.76. The fourth-order valence-corrected chi connectivity index (χ4v) is 2.15. The van der Waals surface area contributed by atoms with Crippen LogP contribution in [-0.2, 0) is 10.9 Å². The average Bonchev–Trinajstić information content (AvgIpc) is 2.73. The van der Waals surface area contributed by atoms with Crippen LogP contribution in [0.15, 0.2) is 24.3 Å². The molecule has 7 heteroatoms. The molecule has 0 heterocycles. The second-order valence-corrected chi connectivity index (χ2v) is 4.80. The van der Waals surface area contributed by atoms with Crippen LogP contribution in [0.5, 0.6) is 0 Å². The van der Waals surface area contributed by atoms with Gasteiger partial charge in [0.05, 0.1) is 5.56 Å². The summed E-state index contributed by atoms with van der Waals surface area (Å²) in [6.45, 7) is 0. The first-order valence-corrected chi connectivity index (χ1v) is 6.25. The van der Waals surface area contributed by atoms with E-state index in [4.69, 9.17) is 10.5 Å². The topological polar surface area (TPSA) is 64.3 Å². The molecule has 0 spiro atoms. The molecule has 1 fully saturated rings. The second-order valence-electron chi connectivity index (χ2n) is 4.80. The lowest BCUT2D eigenvalue weighted by Crippen LogP contribution is -2.23. The van der Waals surface area contributed by atoms with Crippen LogP contribution in [0, 0.1) is 0 Å². The first kappa shape index (κ1) is 14.6. The van der Waals surface area contributed by atoms with Crippen LogP contribution in [0.3, 0.4) is 0 Å². The first-order valence-electron chi connectivity index (χ1n) is 6.25. The van der Waals surface area contributed by atoms with Crippen LogP contribution in [0.4, 0.5) is 23.7 Å². The maximum absolute atomic E-state index is 12.5. The van der Waals surface area contributed by atoms with Gasteiger partial charge in [-0.2, -0.15) is 13.2 Å². The SMILES string of the molecule is NC1CCC(OC(=O)Nc2cccc(C(F)(F)F)c2)C1. The Bertz CT molecular complexity index is 491. The van der Waals surface area contributed by atoms with Gasteiger partial charge in [0.2, 0.25) is 0 Å². The first-order chi connectivity index (χ1) is 9.34. The molecule has 0 bridgehead atoms. The third kappa shape index (κ3) is 3.86. The lowest BCUT2D eigenvalue weighted by Gasteiger charge is -2.13. The number of halogens is 3. The average molecular weight is 288 g/mol. The minimum atomic E-state index is -4.44. The van der Waals surface area contributed by atoms with Gasteiger partial charge in [-0.15, -0.1) is 0 Å². The standard InChI is InChI=1S/C13H15F3N2O2/c14-13(15,16)8-2-1-3-10(6-8)18-12(19)20-11-5-4-9(17)7-11/h1-3,6,9,11H,4-5,7,17H2,(H,18,19). The molecule has 0 radical (unpaired) electrons. The van der Waals surface area contributed by atoms with Gasteiger partial charge in [0, 0.05) is 11.7 Å². The molecule has 20 heavy (non-hydrogen) atoms. The van der Waals surface area contributed by atoms with E-state index >= 15 is 0 Å². The number of benzene rings is 1. The lowest BCUT2D eigenvalue weighted by molar-refractivity contribution is -0.137. The highest BCUT2D eigenvalue weighted by Crippen LogP contribution is 2.30. The highest BCUT2D eigenvalue weighted by Gasteiger charge is 2.30. The van der Waals surface area contributed by atoms with E-state index in [9.17, 15) is 18.0 Å². The third-order valence-electron chi connectivity index (χ3n) is 3.14. The molecule has 1 amide bonds. The highest BCUT2D eigenvalue weighted by molar-refractivity contribution is 5.84. The summed E-state index contributed by atoms with van der Waals surface area (Å²) in [5.74, 6) is 0. The fourth-order valence-electron chi connectivity index (χ4n) is 2.15. The van der Waals surface area contributed by atoms with Crippen molar-refractivity contribution in [3.8, 4) is 0 Å². The Labute approximate surface area is 114 Å². The molecule has 3 N–H and O–H groups in total. The molecule has 110 valence electrons. The predicted molar refractivity (Wildman–Crippen MR) is 67.2 cm³/mol. The highest BCUT2D eigenvalue weighted by atomic mass is 19.4. The Morgan fingerprint density at radius 2 is 2.10 bits per heavy atom. The molecule has 4 nitrogen and oxygen atoms in total. The van der Waals surface area contributed by atoms with E-state index in [-0.39, 0.29) is 17.8 Å². The number of nitrogens with one attached hydrogen (secondary N) is 1. The van der Waals surface area contributed by atoms with Crippen molar-refractivity contribution >= 4 is 11.8 Å². The molecule has 1 aromatic carbocycles. The number of ether oxygens (including phenoxy) is 1. The van der Waals surface area contributed by atoms with Gasteiger partial charge >= 0.3 is 12.3 Å². The monoisotopic (exact) mass is 288 g/mol. The van der Waals surface area contributed by atoms with Crippen molar-refractivity contribution in [2.45, 2.75) is 37.6 Å². The Morgan fingerprint density at radius 3 is 2.70 bits per heavy atom. The lowest BCUT2D eigenvalue weighted by atomic mass is 10.2. The summed E-state index contributed by atoms with van der Waals surface area (Å²) >= 11 is 0. The summed E-state index contributed by atoms with van der Waals surface area (Å²) in [4.78, 5) is 11.6. The van der Waals surface area contributed by atoms with Crippen LogP contribution in [0.1, 0.15) is 24.8 Å². The number of alkyl halides is 3. The zero-order valence-electron chi connectivity index (χ0n) is 10.6. The molecule has 2 unspecified atom stereocenters.